The van der Waals surface area contributed by atoms with Crippen LogP contribution in [0.2, 0.25) is 0 Å². The van der Waals surface area contributed by atoms with Gasteiger partial charge in [-0.2, -0.15) is 26.3 Å². The Kier molecular flexibility index (Phi) is 4.59. The molecule has 0 aliphatic heterocycles. The molecule has 0 spiro atoms. The van der Waals surface area contributed by atoms with Crippen molar-refractivity contribution in [3.05, 3.63) is 59.0 Å². The Labute approximate surface area is 142 Å². The smallest absolute Gasteiger partial charge is 0.319 e. The van der Waals surface area contributed by atoms with Gasteiger partial charge in [0.25, 0.3) is 0 Å². The summed E-state index contributed by atoms with van der Waals surface area (Å²) in [5.74, 6) is 0. The van der Waals surface area contributed by atoms with E-state index in [1.165, 1.54) is 16.1 Å². The van der Waals surface area contributed by atoms with Gasteiger partial charge in [-0.05, 0) is 53.6 Å². The summed E-state index contributed by atoms with van der Waals surface area (Å²) >= 11 is 1.50. The highest BCUT2D eigenvalue weighted by molar-refractivity contribution is 7.08. The van der Waals surface area contributed by atoms with Gasteiger partial charge in [0.05, 0.1) is 24.6 Å². The summed E-state index contributed by atoms with van der Waals surface area (Å²) < 4.78 is 0. The third-order valence-electron chi connectivity index (χ3n) is 3.51. The fraction of sp³-hybridized carbons (Fsp3) is 0.188. The summed E-state index contributed by atoms with van der Waals surface area (Å²) in [7, 11) is 0. The van der Waals surface area contributed by atoms with Crippen LogP contribution in [0, 0.1) is 0 Å². The van der Waals surface area contributed by atoms with Gasteiger partial charge in [0.15, 0.2) is 0 Å². The maximum atomic E-state index is 12.0. The first kappa shape index (κ1) is 16.2. The van der Waals surface area contributed by atoms with Crippen LogP contribution in [0.1, 0.15) is 12.5 Å². The maximum absolute atomic E-state index is 12.0. The number of anilines is 1. The molecule has 124 valence electrons. The van der Waals surface area contributed by atoms with Crippen LogP contribution < -0.4 is 10.6 Å². The number of carbonyl (C=O) groups is 1. The lowest BCUT2D eigenvalue weighted by atomic mass is 9.99. The van der Waals surface area contributed by atoms with E-state index in [1.807, 2.05) is 16.8 Å². The Morgan fingerprint density at radius 2 is 1.96 bits per heavy atom. The third-order valence-corrected chi connectivity index (χ3v) is 4.19. The minimum absolute atomic E-state index is 0.116. The second kappa shape index (κ2) is 6.81. The summed E-state index contributed by atoms with van der Waals surface area (Å²) in [6.45, 7) is 1.78. The average molecular weight is 343 g/mol. The Hall–Kier alpha value is -2.71. The van der Waals surface area contributed by atoms with E-state index in [4.69, 9.17) is 0 Å². The summed E-state index contributed by atoms with van der Waals surface area (Å²) in [4.78, 5) is 13.5. The van der Waals surface area contributed by atoms with E-state index in [1.54, 1.807) is 43.6 Å². The fourth-order valence-electron chi connectivity index (χ4n) is 2.13. The van der Waals surface area contributed by atoms with Crippen LogP contribution in [0.15, 0.2) is 53.5 Å². The summed E-state index contributed by atoms with van der Waals surface area (Å²) in [5.41, 5.74) is 1.11. The molecule has 24 heavy (non-hydrogen) atoms. The fourth-order valence-corrected chi connectivity index (χ4v) is 2.91. The van der Waals surface area contributed by atoms with Crippen molar-refractivity contribution in [3.63, 3.8) is 0 Å². The summed E-state index contributed by atoms with van der Waals surface area (Å²) in [6, 6.07) is 8.58. The number of aromatic nitrogens is 3. The molecule has 0 fully saturated rings. The van der Waals surface area contributed by atoms with Crippen molar-refractivity contribution in [3.8, 4) is 5.69 Å². The number of urea groups is 1. The number of amides is 2. The van der Waals surface area contributed by atoms with Gasteiger partial charge in [-0.15, -0.1) is 0 Å². The molecule has 0 aliphatic rings. The zero-order chi connectivity index (χ0) is 17.0. The van der Waals surface area contributed by atoms with Crippen molar-refractivity contribution in [1.29, 1.82) is 0 Å². The second-order valence-corrected chi connectivity index (χ2v) is 6.24. The van der Waals surface area contributed by atoms with Crippen molar-refractivity contribution >= 4 is 23.1 Å². The molecule has 0 radical (unpaired) electrons. The maximum Gasteiger partial charge on any atom is 0.319 e. The summed E-state index contributed by atoms with van der Waals surface area (Å²) in [5, 5.41) is 27.6. The van der Waals surface area contributed by atoms with Crippen LogP contribution in [0.4, 0.5) is 10.5 Å². The molecular formula is C16H17N5O2S. The number of nitrogens with one attached hydrogen (secondary N) is 2. The minimum Gasteiger partial charge on any atom is -0.384 e. The van der Waals surface area contributed by atoms with E-state index in [9.17, 15) is 9.90 Å². The molecule has 3 rings (SSSR count). The normalized spacial score (nSPS) is 13.2. The molecule has 0 bridgehead atoms. The molecule has 2 amide bonds. The highest BCUT2D eigenvalue weighted by atomic mass is 32.1. The van der Waals surface area contributed by atoms with Crippen LogP contribution in [0.5, 0.6) is 0 Å². The number of nitrogens with zero attached hydrogens (tertiary/aromatic N) is 3. The third kappa shape index (κ3) is 3.79. The molecule has 0 aliphatic carbocycles. The molecule has 0 saturated heterocycles. The Morgan fingerprint density at radius 3 is 2.58 bits per heavy atom. The van der Waals surface area contributed by atoms with Gasteiger partial charge >= 0.3 is 6.03 Å². The van der Waals surface area contributed by atoms with Crippen LogP contribution in [0.3, 0.4) is 0 Å². The largest absolute Gasteiger partial charge is 0.384 e. The summed E-state index contributed by atoms with van der Waals surface area (Å²) in [6.07, 6.45) is 3.19. The first-order valence-corrected chi connectivity index (χ1v) is 8.25. The van der Waals surface area contributed by atoms with Gasteiger partial charge in [-0.3, -0.25) is 0 Å². The molecule has 3 aromatic rings. The highest BCUT2D eigenvalue weighted by Crippen LogP contribution is 2.22. The molecule has 7 nitrogen and oxygen atoms in total. The predicted molar refractivity (Wildman–Crippen MR) is 92.3 cm³/mol. The molecule has 1 unspecified atom stereocenters. The van der Waals surface area contributed by atoms with Gasteiger partial charge in [0.1, 0.15) is 5.60 Å². The molecule has 3 N–H and O–H groups in total. The topological polar surface area (TPSA) is 92.1 Å². The zero-order valence-corrected chi connectivity index (χ0v) is 13.8. The second-order valence-electron chi connectivity index (χ2n) is 5.46. The van der Waals surface area contributed by atoms with Crippen molar-refractivity contribution < 1.29 is 9.90 Å². The van der Waals surface area contributed by atoms with Crippen LogP contribution in [-0.4, -0.2) is 32.7 Å². The predicted octanol–water partition coefficient (Wildman–Crippen LogP) is 2.36. The van der Waals surface area contributed by atoms with E-state index in [2.05, 4.69) is 20.8 Å². The lowest BCUT2D eigenvalue weighted by molar-refractivity contribution is 0.0604. The number of benzene rings is 1. The number of hydrogen-bond donors (Lipinski definition) is 3. The van der Waals surface area contributed by atoms with Gasteiger partial charge in [-0.1, -0.05) is 0 Å². The van der Waals surface area contributed by atoms with E-state index < -0.39 is 5.60 Å². The molecular weight excluding hydrogens is 326 g/mol. The Balaban J connectivity index is 1.55. The highest BCUT2D eigenvalue weighted by Gasteiger charge is 2.24. The molecule has 2 aromatic heterocycles. The molecule has 1 aromatic carbocycles. The van der Waals surface area contributed by atoms with Gasteiger partial charge in [-0.25, -0.2) is 4.79 Å². The number of hydrogen-bond acceptors (Lipinski definition) is 5. The van der Waals surface area contributed by atoms with Crippen LogP contribution in [-0.2, 0) is 5.60 Å². The SMILES string of the molecule is CC(O)(CNC(=O)Nc1ccc(-n2nccn2)cc1)c1ccsc1. The van der Waals surface area contributed by atoms with E-state index in [0.717, 1.165) is 11.3 Å². The van der Waals surface area contributed by atoms with Crippen molar-refractivity contribution in [2.24, 2.45) is 0 Å². The van der Waals surface area contributed by atoms with Gasteiger partial charge in [0, 0.05) is 5.69 Å². The van der Waals surface area contributed by atoms with Gasteiger partial charge in [0.2, 0.25) is 0 Å². The minimum atomic E-state index is -1.10. The lowest BCUT2D eigenvalue weighted by Crippen LogP contribution is -2.40. The molecule has 0 saturated carbocycles. The number of thiophene rings is 1. The number of rotatable bonds is 5. The average Bonchev–Trinajstić information content (AvgIpc) is 3.27. The number of aliphatic hydroxyl groups is 1. The number of carbonyl (C=O) groups excluding carboxylic acids is 1. The first-order valence-electron chi connectivity index (χ1n) is 7.31. The van der Waals surface area contributed by atoms with E-state index >= 15 is 0 Å². The van der Waals surface area contributed by atoms with Crippen molar-refractivity contribution in [2.45, 2.75) is 12.5 Å². The van der Waals surface area contributed by atoms with E-state index in [-0.39, 0.29) is 12.6 Å². The standard InChI is InChI=1S/C16H17N5O2S/c1-16(23,12-6-9-24-10-12)11-17-15(22)20-13-2-4-14(5-3-13)21-18-7-8-19-21/h2-10,23H,11H2,1H3,(H2,17,20,22). The quantitative estimate of drug-likeness (QED) is 0.663. The van der Waals surface area contributed by atoms with Crippen molar-refractivity contribution in [1.82, 2.24) is 20.3 Å². The zero-order valence-electron chi connectivity index (χ0n) is 13.0. The van der Waals surface area contributed by atoms with Crippen LogP contribution in [0.25, 0.3) is 5.69 Å². The monoisotopic (exact) mass is 343 g/mol. The molecule has 1 atom stereocenters. The molecule has 8 heteroatoms. The molecule has 2 heterocycles. The van der Waals surface area contributed by atoms with Gasteiger partial charge < -0.3 is 15.7 Å². The van der Waals surface area contributed by atoms with Crippen LogP contribution >= 0.6 is 11.3 Å². The Bertz CT molecular complexity index is 783. The first-order chi connectivity index (χ1) is 11.5. The van der Waals surface area contributed by atoms with E-state index in [0.29, 0.717) is 5.69 Å². The Morgan fingerprint density at radius 1 is 1.25 bits per heavy atom. The van der Waals surface area contributed by atoms with Crippen molar-refractivity contribution in [2.75, 3.05) is 11.9 Å². The lowest BCUT2D eigenvalue weighted by Gasteiger charge is -2.22.